The van der Waals surface area contributed by atoms with Gasteiger partial charge in [-0.15, -0.1) is 0 Å². The first-order valence-corrected chi connectivity index (χ1v) is 4.67. The summed E-state index contributed by atoms with van der Waals surface area (Å²) in [6.45, 7) is 3.93. The van der Waals surface area contributed by atoms with E-state index in [0.29, 0.717) is 6.54 Å². The van der Waals surface area contributed by atoms with Crippen molar-refractivity contribution < 1.29 is 18.0 Å². The van der Waals surface area contributed by atoms with Crippen LogP contribution in [0.15, 0.2) is 0 Å². The number of hydrogen-bond acceptors (Lipinski definition) is 2. The minimum Gasteiger partial charge on any atom is -0.344 e. The lowest BCUT2D eigenvalue weighted by Crippen LogP contribution is -2.49. The molecule has 0 aromatic heterocycles. The van der Waals surface area contributed by atoms with E-state index in [-0.39, 0.29) is 5.92 Å². The molecule has 1 atom stereocenters. The molecule has 0 aliphatic carbocycles. The molecule has 0 heterocycles. The van der Waals surface area contributed by atoms with E-state index in [1.165, 1.54) is 0 Å². The molecule has 0 aliphatic rings. The molecule has 0 saturated carbocycles. The number of likely N-dealkylation sites (N-methyl/N-ethyl adjacent to an activating group) is 1. The van der Waals surface area contributed by atoms with Crippen molar-refractivity contribution in [3.8, 4) is 0 Å². The van der Waals surface area contributed by atoms with Crippen molar-refractivity contribution in [2.24, 2.45) is 5.92 Å². The third kappa shape index (κ3) is 5.61. The summed E-state index contributed by atoms with van der Waals surface area (Å²) in [4.78, 5) is 12.4. The quantitative estimate of drug-likeness (QED) is 0.782. The standard InChI is InChI=1S/C9H17F3N2O/c1-6(2)7(5-14(3)4)13-8(15)9(10,11)12/h6-7H,5H2,1-4H3,(H,13,15). The van der Waals surface area contributed by atoms with Crippen molar-refractivity contribution >= 4 is 5.91 Å². The average Bonchev–Trinajstić information content (AvgIpc) is 1.99. The molecule has 1 N–H and O–H groups in total. The topological polar surface area (TPSA) is 32.3 Å². The highest BCUT2D eigenvalue weighted by atomic mass is 19.4. The molecule has 3 nitrogen and oxygen atoms in total. The van der Waals surface area contributed by atoms with Gasteiger partial charge in [0, 0.05) is 12.6 Å². The predicted molar refractivity (Wildman–Crippen MR) is 51.4 cm³/mol. The van der Waals surface area contributed by atoms with E-state index in [1.807, 2.05) is 5.32 Å². The molecule has 90 valence electrons. The van der Waals surface area contributed by atoms with E-state index in [2.05, 4.69) is 0 Å². The molecular weight excluding hydrogens is 209 g/mol. The fraction of sp³-hybridized carbons (Fsp3) is 0.889. The molecule has 0 fully saturated rings. The number of carbonyl (C=O) groups excluding carboxylic acids is 1. The molecule has 6 heteroatoms. The first-order valence-electron chi connectivity index (χ1n) is 4.67. The van der Waals surface area contributed by atoms with Crippen LogP contribution in [0.2, 0.25) is 0 Å². The molecule has 0 aromatic carbocycles. The summed E-state index contributed by atoms with van der Waals surface area (Å²) in [5, 5.41) is 1.98. The molecule has 0 radical (unpaired) electrons. The van der Waals surface area contributed by atoms with Gasteiger partial charge in [-0.2, -0.15) is 13.2 Å². The first kappa shape index (κ1) is 14.2. The summed E-state index contributed by atoms with van der Waals surface area (Å²) in [6, 6.07) is -0.492. The van der Waals surface area contributed by atoms with Crippen molar-refractivity contribution in [2.45, 2.75) is 26.1 Å². The van der Waals surface area contributed by atoms with Crippen molar-refractivity contribution in [1.29, 1.82) is 0 Å². The van der Waals surface area contributed by atoms with Crippen molar-refractivity contribution in [1.82, 2.24) is 10.2 Å². The minimum atomic E-state index is -4.81. The highest BCUT2D eigenvalue weighted by Gasteiger charge is 2.40. The fourth-order valence-corrected chi connectivity index (χ4v) is 1.07. The largest absolute Gasteiger partial charge is 0.471 e. The number of amides is 1. The van der Waals surface area contributed by atoms with E-state index in [4.69, 9.17) is 0 Å². The van der Waals surface area contributed by atoms with Crippen LogP contribution in [0.5, 0.6) is 0 Å². The second-order valence-corrected chi connectivity index (χ2v) is 4.08. The number of halogens is 3. The number of alkyl halides is 3. The smallest absolute Gasteiger partial charge is 0.344 e. The van der Waals surface area contributed by atoms with Crippen LogP contribution >= 0.6 is 0 Å². The molecule has 1 amide bonds. The Labute approximate surface area is 87.6 Å². The number of nitrogens with zero attached hydrogens (tertiary/aromatic N) is 1. The normalized spacial score (nSPS) is 14.5. The molecule has 0 saturated heterocycles. The molecule has 0 spiro atoms. The Kier molecular flexibility index (Phi) is 5.07. The summed E-state index contributed by atoms with van der Waals surface area (Å²) in [7, 11) is 3.49. The zero-order chi connectivity index (χ0) is 12.2. The molecule has 1 unspecified atom stereocenters. The van der Waals surface area contributed by atoms with E-state index < -0.39 is 18.1 Å². The second kappa shape index (κ2) is 5.34. The number of rotatable bonds is 4. The third-order valence-electron chi connectivity index (χ3n) is 1.94. The monoisotopic (exact) mass is 226 g/mol. The van der Waals surface area contributed by atoms with Crippen LogP contribution in [0.1, 0.15) is 13.8 Å². The van der Waals surface area contributed by atoms with Gasteiger partial charge in [0.2, 0.25) is 0 Å². The highest BCUT2D eigenvalue weighted by molar-refractivity contribution is 5.81. The first-order chi connectivity index (χ1) is 6.64. The van der Waals surface area contributed by atoms with Gasteiger partial charge < -0.3 is 10.2 Å². The van der Waals surface area contributed by atoms with Crippen LogP contribution in [0.4, 0.5) is 13.2 Å². The van der Waals surface area contributed by atoms with Gasteiger partial charge in [-0.25, -0.2) is 0 Å². The van der Waals surface area contributed by atoms with E-state index >= 15 is 0 Å². The van der Waals surface area contributed by atoms with E-state index in [1.54, 1.807) is 32.8 Å². The van der Waals surface area contributed by atoms with Crippen molar-refractivity contribution in [2.75, 3.05) is 20.6 Å². The van der Waals surface area contributed by atoms with Gasteiger partial charge >= 0.3 is 12.1 Å². The SMILES string of the molecule is CC(C)C(CN(C)C)NC(=O)C(F)(F)F. The Morgan fingerprint density at radius 2 is 1.80 bits per heavy atom. The Morgan fingerprint density at radius 1 is 1.33 bits per heavy atom. The van der Waals surface area contributed by atoms with Crippen LogP contribution in [0, 0.1) is 5.92 Å². The number of nitrogens with one attached hydrogen (secondary N) is 1. The van der Waals surface area contributed by atoms with Crippen LogP contribution in [-0.2, 0) is 4.79 Å². The number of hydrogen-bond donors (Lipinski definition) is 1. The Morgan fingerprint density at radius 3 is 2.07 bits per heavy atom. The van der Waals surface area contributed by atoms with E-state index in [0.717, 1.165) is 0 Å². The van der Waals surface area contributed by atoms with Gasteiger partial charge in [0.1, 0.15) is 0 Å². The molecule has 0 aromatic rings. The van der Waals surface area contributed by atoms with Crippen LogP contribution in [-0.4, -0.2) is 43.7 Å². The lowest BCUT2D eigenvalue weighted by Gasteiger charge is -2.25. The van der Waals surface area contributed by atoms with Gasteiger partial charge in [0.05, 0.1) is 0 Å². The molecular formula is C9H17F3N2O. The Bertz CT molecular complexity index is 214. The van der Waals surface area contributed by atoms with E-state index in [9.17, 15) is 18.0 Å². The average molecular weight is 226 g/mol. The van der Waals surface area contributed by atoms with Gasteiger partial charge in [-0.1, -0.05) is 13.8 Å². The lowest BCUT2D eigenvalue weighted by atomic mass is 10.0. The van der Waals surface area contributed by atoms with Crippen LogP contribution < -0.4 is 5.32 Å². The van der Waals surface area contributed by atoms with Crippen molar-refractivity contribution in [3.05, 3.63) is 0 Å². The summed E-state index contributed by atoms with van der Waals surface area (Å²) >= 11 is 0. The van der Waals surface area contributed by atoms with Gasteiger partial charge in [0.25, 0.3) is 0 Å². The Balaban J connectivity index is 4.36. The van der Waals surface area contributed by atoms with Crippen molar-refractivity contribution in [3.63, 3.8) is 0 Å². The Hall–Kier alpha value is -0.780. The fourth-order valence-electron chi connectivity index (χ4n) is 1.07. The summed E-state index contributed by atoms with van der Waals surface area (Å²) in [5.74, 6) is -1.92. The maximum Gasteiger partial charge on any atom is 0.471 e. The zero-order valence-corrected chi connectivity index (χ0v) is 9.35. The third-order valence-corrected chi connectivity index (χ3v) is 1.94. The zero-order valence-electron chi connectivity index (χ0n) is 9.35. The maximum absolute atomic E-state index is 12.0. The molecule has 0 bridgehead atoms. The predicted octanol–water partition coefficient (Wildman–Crippen LogP) is 1.25. The van der Waals surface area contributed by atoms with Crippen LogP contribution in [0.3, 0.4) is 0 Å². The number of carbonyl (C=O) groups is 1. The summed E-state index contributed by atoms with van der Waals surface area (Å²) < 4.78 is 36.0. The second-order valence-electron chi connectivity index (χ2n) is 4.08. The van der Waals surface area contributed by atoms with Gasteiger partial charge in [-0.3, -0.25) is 4.79 Å². The van der Waals surface area contributed by atoms with Gasteiger partial charge in [-0.05, 0) is 20.0 Å². The highest BCUT2D eigenvalue weighted by Crippen LogP contribution is 2.15. The summed E-state index contributed by atoms with van der Waals surface area (Å²) in [6.07, 6.45) is -4.81. The molecule has 15 heavy (non-hydrogen) atoms. The summed E-state index contributed by atoms with van der Waals surface area (Å²) in [5.41, 5.74) is 0. The maximum atomic E-state index is 12.0. The minimum absolute atomic E-state index is 0.0429. The molecule has 0 rings (SSSR count). The van der Waals surface area contributed by atoms with Crippen LogP contribution in [0.25, 0.3) is 0 Å². The molecule has 0 aliphatic heterocycles. The van der Waals surface area contributed by atoms with Gasteiger partial charge in [0.15, 0.2) is 0 Å². The lowest BCUT2D eigenvalue weighted by molar-refractivity contribution is -0.174.